The van der Waals surface area contributed by atoms with Crippen molar-refractivity contribution >= 4 is 22.4 Å². The molecule has 0 saturated carbocycles. The van der Waals surface area contributed by atoms with Crippen LogP contribution in [0.1, 0.15) is 37.3 Å². The van der Waals surface area contributed by atoms with Gasteiger partial charge in [-0.2, -0.15) is 0 Å². The van der Waals surface area contributed by atoms with Gasteiger partial charge in [-0.15, -0.1) is 0 Å². The normalized spacial score (nSPS) is 17.2. The molecule has 3 heterocycles. The summed E-state index contributed by atoms with van der Waals surface area (Å²) in [4.78, 5) is 21.9. The minimum Gasteiger partial charge on any atom is -0.481 e. The Morgan fingerprint density at radius 3 is 2.94 bits per heavy atom. The molecule has 0 radical (unpaired) electrons. The van der Waals surface area contributed by atoms with Crippen molar-refractivity contribution in [2.24, 2.45) is 0 Å². The third-order valence-corrected chi connectivity index (χ3v) is 6.84. The molecule has 6 nitrogen and oxygen atoms in total. The first-order chi connectivity index (χ1) is 15.1. The largest absolute Gasteiger partial charge is 0.481 e. The lowest BCUT2D eigenvalue weighted by Gasteiger charge is -2.41. The van der Waals surface area contributed by atoms with E-state index in [-0.39, 0.29) is 6.42 Å². The van der Waals surface area contributed by atoms with E-state index in [1.54, 1.807) is 23.9 Å². The Morgan fingerprint density at radius 2 is 2.16 bits per heavy atom. The maximum absolute atomic E-state index is 11.0. The summed E-state index contributed by atoms with van der Waals surface area (Å²) >= 11 is 1.73. The highest BCUT2D eigenvalue weighted by Crippen LogP contribution is 2.34. The Balaban J connectivity index is 1.45. The number of thiazole rings is 1. The number of anilines is 1. The van der Waals surface area contributed by atoms with Crippen LogP contribution in [0.5, 0.6) is 0 Å². The van der Waals surface area contributed by atoms with E-state index in [1.807, 2.05) is 30.5 Å². The molecule has 1 aliphatic heterocycles. The van der Waals surface area contributed by atoms with Crippen molar-refractivity contribution < 1.29 is 14.3 Å². The summed E-state index contributed by atoms with van der Waals surface area (Å²) in [7, 11) is 0. The molecule has 4 rings (SSSR count). The monoisotopic (exact) mass is 439 g/mol. The predicted octanol–water partition coefficient (Wildman–Crippen LogP) is 4.91. The molecular weight excluding hydrogens is 410 g/mol. The van der Waals surface area contributed by atoms with Crippen molar-refractivity contribution in [3.63, 3.8) is 0 Å². The maximum Gasteiger partial charge on any atom is 0.307 e. The second-order valence-electron chi connectivity index (χ2n) is 8.13. The van der Waals surface area contributed by atoms with E-state index in [0.29, 0.717) is 6.04 Å². The van der Waals surface area contributed by atoms with Gasteiger partial charge in [-0.3, -0.25) is 9.69 Å². The number of unbranched alkanes of at least 4 members (excludes halogenated alkanes) is 1. The van der Waals surface area contributed by atoms with Gasteiger partial charge in [0.05, 0.1) is 23.8 Å². The lowest BCUT2D eigenvalue weighted by atomic mass is 10.0. The number of benzene rings is 1. The molecular formula is C24H29N3O3S. The Labute approximate surface area is 187 Å². The summed E-state index contributed by atoms with van der Waals surface area (Å²) in [6.45, 7) is 5.99. The van der Waals surface area contributed by atoms with E-state index >= 15 is 0 Å². The molecule has 1 atom stereocenters. The topological polar surface area (TPSA) is 69.8 Å². The van der Waals surface area contributed by atoms with Gasteiger partial charge in [0, 0.05) is 44.0 Å². The van der Waals surface area contributed by atoms with Crippen LogP contribution in [0.3, 0.4) is 0 Å². The first-order valence-corrected chi connectivity index (χ1v) is 11.7. The van der Waals surface area contributed by atoms with Crippen molar-refractivity contribution in [3.8, 4) is 10.4 Å². The van der Waals surface area contributed by atoms with Crippen LogP contribution in [-0.4, -0.2) is 46.6 Å². The number of carboxylic acids is 1. The quantitative estimate of drug-likeness (QED) is 0.511. The number of aliphatic carboxylic acids is 1. The second-order valence-corrected chi connectivity index (χ2v) is 9.14. The van der Waals surface area contributed by atoms with Crippen molar-refractivity contribution in [2.45, 2.75) is 45.2 Å². The lowest BCUT2D eigenvalue weighted by molar-refractivity contribution is -0.136. The Kier molecular flexibility index (Phi) is 7.04. The molecule has 3 aromatic rings. The van der Waals surface area contributed by atoms with E-state index < -0.39 is 5.97 Å². The SMILES string of the molecule is CCCC[C@@H]1CN(Cc2cccc(CC(=O)O)c2)CCN1c1ncc(-c2ccoc2)s1. The summed E-state index contributed by atoms with van der Waals surface area (Å²) in [6, 6.07) is 10.4. The van der Waals surface area contributed by atoms with Crippen LogP contribution >= 0.6 is 11.3 Å². The molecule has 1 aliphatic rings. The third kappa shape index (κ3) is 5.54. The fraction of sp³-hybridized carbons (Fsp3) is 0.417. The summed E-state index contributed by atoms with van der Waals surface area (Å²) in [5, 5.41) is 10.2. The van der Waals surface area contributed by atoms with E-state index in [4.69, 9.17) is 14.5 Å². The number of rotatable bonds is 9. The number of carboxylic acid groups (broad SMARTS) is 1. The first kappa shape index (κ1) is 21.6. The summed E-state index contributed by atoms with van der Waals surface area (Å²) in [5.74, 6) is -0.788. The smallest absolute Gasteiger partial charge is 0.307 e. The number of hydrogen-bond acceptors (Lipinski definition) is 6. The van der Waals surface area contributed by atoms with Gasteiger partial charge in [-0.25, -0.2) is 4.98 Å². The van der Waals surface area contributed by atoms with Crippen molar-refractivity contribution in [3.05, 3.63) is 60.2 Å². The average molecular weight is 440 g/mol. The Bertz CT molecular complexity index is 986. The minimum absolute atomic E-state index is 0.0732. The molecule has 0 unspecified atom stereocenters. The standard InChI is InChI=1S/C24H29N3O3S/c1-2-3-7-21-16-26(15-19-6-4-5-18(12-19)13-23(28)29)9-10-27(21)24-25-14-22(31-24)20-8-11-30-17-20/h4-6,8,11-12,14,17,21H,2-3,7,9-10,13,15-16H2,1H3,(H,28,29)/t21-/m1/s1. The van der Waals surface area contributed by atoms with Crippen LogP contribution in [-0.2, 0) is 17.8 Å². The Hall–Kier alpha value is -2.64. The Morgan fingerprint density at radius 1 is 1.29 bits per heavy atom. The summed E-state index contributed by atoms with van der Waals surface area (Å²) in [5.41, 5.74) is 3.12. The number of piperazine rings is 1. The third-order valence-electron chi connectivity index (χ3n) is 5.76. The van der Waals surface area contributed by atoms with Crippen LogP contribution in [0.2, 0.25) is 0 Å². The molecule has 0 aliphatic carbocycles. The van der Waals surface area contributed by atoms with E-state index in [1.165, 1.54) is 18.4 Å². The van der Waals surface area contributed by atoms with Gasteiger partial charge < -0.3 is 14.4 Å². The zero-order valence-corrected chi connectivity index (χ0v) is 18.7. The van der Waals surface area contributed by atoms with Gasteiger partial charge in [0.25, 0.3) is 0 Å². The minimum atomic E-state index is -0.788. The van der Waals surface area contributed by atoms with Crippen LogP contribution in [0.15, 0.2) is 53.5 Å². The van der Waals surface area contributed by atoms with Gasteiger partial charge in [0.2, 0.25) is 0 Å². The molecule has 7 heteroatoms. The molecule has 1 fully saturated rings. The van der Waals surface area contributed by atoms with Gasteiger partial charge >= 0.3 is 5.97 Å². The highest BCUT2D eigenvalue weighted by Gasteiger charge is 2.28. The van der Waals surface area contributed by atoms with E-state index in [9.17, 15) is 4.79 Å². The van der Waals surface area contributed by atoms with Gasteiger partial charge in [-0.1, -0.05) is 55.4 Å². The number of hydrogen-bond donors (Lipinski definition) is 1. The summed E-state index contributed by atoms with van der Waals surface area (Å²) in [6.07, 6.45) is 9.01. The number of furan rings is 1. The molecule has 0 amide bonds. The maximum atomic E-state index is 11.0. The molecule has 0 bridgehead atoms. The van der Waals surface area contributed by atoms with Crippen molar-refractivity contribution in [1.82, 2.24) is 9.88 Å². The van der Waals surface area contributed by atoms with E-state index in [0.717, 1.165) is 53.7 Å². The van der Waals surface area contributed by atoms with Crippen LogP contribution in [0, 0.1) is 0 Å². The van der Waals surface area contributed by atoms with Crippen molar-refractivity contribution in [2.75, 3.05) is 24.5 Å². The average Bonchev–Trinajstić information content (AvgIpc) is 3.44. The molecule has 1 N–H and O–H groups in total. The van der Waals surface area contributed by atoms with Crippen LogP contribution in [0.25, 0.3) is 10.4 Å². The zero-order chi connectivity index (χ0) is 21.6. The number of aromatic nitrogens is 1. The highest BCUT2D eigenvalue weighted by molar-refractivity contribution is 7.18. The predicted molar refractivity (Wildman–Crippen MR) is 124 cm³/mol. The highest BCUT2D eigenvalue weighted by atomic mass is 32.1. The number of nitrogens with zero attached hydrogens (tertiary/aromatic N) is 3. The zero-order valence-electron chi connectivity index (χ0n) is 17.9. The second kappa shape index (κ2) is 10.1. The van der Waals surface area contributed by atoms with Gasteiger partial charge in [0.15, 0.2) is 5.13 Å². The van der Waals surface area contributed by atoms with Crippen LogP contribution in [0.4, 0.5) is 5.13 Å². The molecule has 1 saturated heterocycles. The molecule has 1 aromatic carbocycles. The number of carbonyl (C=O) groups is 1. The molecule has 0 spiro atoms. The molecule has 31 heavy (non-hydrogen) atoms. The fourth-order valence-electron chi connectivity index (χ4n) is 4.21. The van der Waals surface area contributed by atoms with Crippen molar-refractivity contribution in [1.29, 1.82) is 0 Å². The molecule has 164 valence electrons. The van der Waals surface area contributed by atoms with Gasteiger partial charge in [0.1, 0.15) is 0 Å². The fourth-order valence-corrected chi connectivity index (χ4v) is 5.21. The summed E-state index contributed by atoms with van der Waals surface area (Å²) < 4.78 is 5.22. The van der Waals surface area contributed by atoms with Crippen LogP contribution < -0.4 is 4.90 Å². The first-order valence-electron chi connectivity index (χ1n) is 10.9. The van der Waals surface area contributed by atoms with Gasteiger partial charge in [-0.05, 0) is 23.6 Å². The van der Waals surface area contributed by atoms with E-state index in [2.05, 4.69) is 22.8 Å². The molecule has 2 aromatic heterocycles. The lowest BCUT2D eigenvalue weighted by Crippen LogP contribution is -2.53.